The minimum atomic E-state index is 1.25. The predicted molar refractivity (Wildman–Crippen MR) is 525 cm³/mol. The first-order valence-electron chi connectivity index (χ1n) is 43.8. The Hall–Kier alpha value is -11.8. The summed E-state index contributed by atoms with van der Waals surface area (Å²) in [6.07, 6.45) is 10.5. The third-order valence-corrected chi connectivity index (χ3v) is 19.3. The van der Waals surface area contributed by atoms with Gasteiger partial charge >= 0.3 is 0 Å². The SMILES string of the molecule is CC.CC.CC.CC.CC.CC.CC.CC.CC.CC.Cc1c(-c2cccc[n+]2C)ccc2ccccc12.Cc1cc2ccccc2cc1-c1cccc[n+]1C.Cc1ccc2c(ccc3ccccc32)c1-c1cccc[n+]1C.Cc1ccc2cc3ccccc3cc2c1-c1cccc[n+]1C.Cc1ccc2ccccc2c1-c1cccc[n+]1C. The highest BCUT2D eigenvalue weighted by molar-refractivity contribution is 6.12. The van der Waals surface area contributed by atoms with Gasteiger partial charge in [-0.1, -0.05) is 320 Å². The lowest BCUT2D eigenvalue weighted by Crippen LogP contribution is -2.30. The van der Waals surface area contributed by atoms with Crippen LogP contribution in [0.25, 0.3) is 132 Å². The monoisotopic (exact) mass is 1570 g/mol. The van der Waals surface area contributed by atoms with Gasteiger partial charge in [-0.05, 0) is 192 Å². The van der Waals surface area contributed by atoms with Crippen LogP contribution in [0.15, 0.2) is 328 Å². The minimum absolute atomic E-state index is 1.25. The Balaban J connectivity index is 0.000000362. The van der Waals surface area contributed by atoms with Gasteiger partial charge in [0.1, 0.15) is 35.2 Å². The highest BCUT2D eigenvalue weighted by atomic mass is 14.9. The summed E-state index contributed by atoms with van der Waals surface area (Å²) in [7, 11) is 10.5. The van der Waals surface area contributed by atoms with Crippen molar-refractivity contribution in [3.8, 4) is 56.3 Å². The lowest BCUT2D eigenvalue weighted by Gasteiger charge is -2.11. The topological polar surface area (TPSA) is 19.4 Å². The van der Waals surface area contributed by atoms with Crippen LogP contribution in [-0.2, 0) is 35.2 Å². The molecular formula is C113H144N5+5. The third-order valence-electron chi connectivity index (χ3n) is 19.3. The van der Waals surface area contributed by atoms with Crippen molar-refractivity contribution < 1.29 is 22.8 Å². The molecule has 17 rings (SSSR count). The van der Waals surface area contributed by atoms with E-state index in [1.54, 1.807) is 0 Å². The average molecular weight is 1570 g/mol. The number of benzene rings is 12. The maximum atomic E-state index is 2.32. The van der Waals surface area contributed by atoms with E-state index in [0.29, 0.717) is 0 Å². The number of aryl methyl sites for hydroxylation is 10. The van der Waals surface area contributed by atoms with E-state index in [2.05, 4.69) is 421 Å². The van der Waals surface area contributed by atoms with Crippen molar-refractivity contribution in [2.45, 2.75) is 173 Å². The molecule has 5 nitrogen and oxygen atoms in total. The van der Waals surface area contributed by atoms with Gasteiger partial charge < -0.3 is 0 Å². The summed E-state index contributed by atoms with van der Waals surface area (Å²) in [6, 6.07) is 106. The molecule has 5 aromatic heterocycles. The number of aromatic nitrogens is 5. The van der Waals surface area contributed by atoms with E-state index in [1.807, 2.05) is 138 Å². The van der Waals surface area contributed by atoms with E-state index in [4.69, 9.17) is 0 Å². The lowest BCUT2D eigenvalue weighted by atomic mass is 9.93. The fraction of sp³-hybridized carbons (Fsp3) is 0.265. The van der Waals surface area contributed by atoms with Crippen LogP contribution in [0.5, 0.6) is 0 Å². The first-order valence-corrected chi connectivity index (χ1v) is 43.8. The number of hydrogen-bond donors (Lipinski definition) is 0. The molecule has 0 aliphatic rings. The predicted octanol–water partition coefficient (Wildman–Crippen LogP) is 30.8. The minimum Gasteiger partial charge on any atom is -0.201 e. The fourth-order valence-electron chi connectivity index (χ4n) is 14.0. The van der Waals surface area contributed by atoms with Crippen LogP contribution in [0, 0.1) is 34.6 Å². The molecule has 0 N–H and O–H groups in total. The van der Waals surface area contributed by atoms with Gasteiger partial charge in [-0.2, -0.15) is 0 Å². The number of nitrogens with zero attached hydrogens (tertiary/aromatic N) is 5. The van der Waals surface area contributed by atoms with Gasteiger partial charge in [-0.25, -0.2) is 22.8 Å². The number of hydrogen-bond acceptors (Lipinski definition) is 0. The molecule has 0 fully saturated rings. The van der Waals surface area contributed by atoms with Gasteiger partial charge in [0, 0.05) is 71.8 Å². The Labute approximate surface area is 714 Å². The fourth-order valence-corrected chi connectivity index (χ4v) is 14.0. The van der Waals surface area contributed by atoms with Gasteiger partial charge in [0.2, 0.25) is 28.5 Å². The first-order chi connectivity index (χ1) is 57.8. The van der Waals surface area contributed by atoms with Crippen LogP contribution in [0.1, 0.15) is 166 Å². The van der Waals surface area contributed by atoms with Crippen molar-refractivity contribution in [3.63, 3.8) is 0 Å². The van der Waals surface area contributed by atoms with Gasteiger partial charge in [0.05, 0.1) is 16.7 Å². The molecule has 0 bridgehead atoms. The smallest absolute Gasteiger partial charge is 0.201 e. The second kappa shape index (κ2) is 54.9. The van der Waals surface area contributed by atoms with Crippen LogP contribution >= 0.6 is 0 Å². The van der Waals surface area contributed by atoms with Crippen molar-refractivity contribution in [1.82, 2.24) is 0 Å². The summed E-state index contributed by atoms with van der Waals surface area (Å²) < 4.78 is 10.9. The Morgan fingerprint density at radius 3 is 0.856 bits per heavy atom. The molecule has 0 saturated heterocycles. The van der Waals surface area contributed by atoms with Gasteiger partial charge in [-0.3, -0.25) is 0 Å². The highest BCUT2D eigenvalue weighted by Crippen LogP contribution is 2.37. The molecule has 118 heavy (non-hydrogen) atoms. The van der Waals surface area contributed by atoms with Crippen LogP contribution in [0.2, 0.25) is 0 Å². The van der Waals surface area contributed by atoms with Gasteiger partial charge in [0.15, 0.2) is 31.0 Å². The lowest BCUT2D eigenvalue weighted by molar-refractivity contribution is -0.660. The molecule has 5 heteroatoms. The molecule has 0 spiro atoms. The second-order valence-electron chi connectivity index (χ2n) is 25.8. The van der Waals surface area contributed by atoms with Crippen molar-refractivity contribution in [1.29, 1.82) is 0 Å². The molecule has 0 saturated carbocycles. The maximum absolute atomic E-state index is 2.32. The molecule has 0 radical (unpaired) electrons. The van der Waals surface area contributed by atoms with E-state index in [1.165, 1.54) is 160 Å². The van der Waals surface area contributed by atoms with Crippen LogP contribution in [0.4, 0.5) is 0 Å². The highest BCUT2D eigenvalue weighted by Gasteiger charge is 2.20. The zero-order valence-corrected chi connectivity index (χ0v) is 77.9. The standard InChI is InChI=1S/2C21H18N.3C17H16N.10C2H6/c1-15-10-12-18-17-8-4-3-7-16(17)11-13-19(18)21(15)20-9-5-6-14-22(20)2;1-15-10-11-18-13-16-7-3-4-8-17(16)14-19(18)21(15)20-9-5-6-12-22(20)2;1-13-15-8-4-3-7-14(15)10-11-16(13)17-9-5-6-12-18(17)2;1-13-10-11-14-7-3-4-8-15(14)17(13)16-9-5-6-12-18(16)2;1-13-11-14-7-3-4-8-15(14)12-16(13)17-9-5-6-10-18(17)2;10*1-2/h2*3-14H,1-2H3;3*3-12H,1-2H3;10*1-2H3/q5*+1;;;;;;;;;;. The number of rotatable bonds is 5. The molecule has 0 aliphatic heterocycles. The molecule has 616 valence electrons. The molecule has 17 aromatic rings. The van der Waals surface area contributed by atoms with Crippen LogP contribution in [0.3, 0.4) is 0 Å². The number of pyridine rings is 5. The van der Waals surface area contributed by atoms with Crippen molar-refractivity contribution in [2.75, 3.05) is 0 Å². The Kier molecular flexibility index (Phi) is 46.7. The van der Waals surface area contributed by atoms with E-state index >= 15 is 0 Å². The van der Waals surface area contributed by atoms with Gasteiger partial charge in [0.25, 0.3) is 0 Å². The van der Waals surface area contributed by atoms with Crippen molar-refractivity contribution in [3.05, 3.63) is 356 Å². The van der Waals surface area contributed by atoms with E-state index in [-0.39, 0.29) is 0 Å². The summed E-state index contributed by atoms with van der Waals surface area (Å²) >= 11 is 0. The van der Waals surface area contributed by atoms with E-state index in [0.717, 1.165) is 0 Å². The zero-order chi connectivity index (χ0) is 87.8. The van der Waals surface area contributed by atoms with Crippen molar-refractivity contribution in [2.24, 2.45) is 35.2 Å². The quantitative estimate of drug-likeness (QED) is 0.0930. The summed E-state index contributed by atoms with van der Waals surface area (Å²) in [6.45, 7) is 50.9. The molecule has 12 aromatic carbocycles. The van der Waals surface area contributed by atoms with Crippen molar-refractivity contribution >= 4 is 75.4 Å². The average Bonchev–Trinajstić information content (AvgIpc) is 0.770. The van der Waals surface area contributed by atoms with E-state index < -0.39 is 0 Å². The molecule has 5 heterocycles. The zero-order valence-electron chi connectivity index (χ0n) is 77.9. The summed E-state index contributed by atoms with van der Waals surface area (Å²) in [5.41, 5.74) is 19.4. The molecule has 0 aliphatic carbocycles. The summed E-state index contributed by atoms with van der Waals surface area (Å²) in [5, 5.41) is 18.3. The largest absolute Gasteiger partial charge is 0.213 e. The van der Waals surface area contributed by atoms with Crippen LogP contribution in [-0.4, -0.2) is 0 Å². The van der Waals surface area contributed by atoms with E-state index in [9.17, 15) is 0 Å². The number of fused-ring (bicyclic) bond motifs is 8. The molecule has 0 atom stereocenters. The normalized spacial score (nSPS) is 9.61. The Morgan fingerprint density at radius 1 is 0.161 bits per heavy atom. The summed E-state index contributed by atoms with van der Waals surface area (Å²) in [5.74, 6) is 0. The van der Waals surface area contributed by atoms with Crippen LogP contribution < -0.4 is 22.8 Å². The first kappa shape index (κ1) is 100. The second-order valence-corrected chi connectivity index (χ2v) is 25.8. The molecule has 0 amide bonds. The molecular weight excluding hydrogens is 1430 g/mol. The molecule has 0 unspecified atom stereocenters. The third kappa shape index (κ3) is 25.9. The Morgan fingerprint density at radius 2 is 0.432 bits per heavy atom. The maximum Gasteiger partial charge on any atom is 0.213 e. The van der Waals surface area contributed by atoms with Gasteiger partial charge in [-0.15, -0.1) is 0 Å². The summed E-state index contributed by atoms with van der Waals surface area (Å²) in [4.78, 5) is 0. The Bertz CT molecular complexity index is 5670.